The number of hydrogen-bond donors (Lipinski definition) is 2. The smallest absolute Gasteiger partial charge is 0.253 e. The van der Waals surface area contributed by atoms with Crippen molar-refractivity contribution < 1.29 is 32.5 Å². The maximum absolute atomic E-state index is 13.9. The molecule has 1 aromatic heterocycles. The number of aliphatic hydroxyl groups excluding tert-OH is 1. The summed E-state index contributed by atoms with van der Waals surface area (Å²) in [5, 5.41) is 12.6. The van der Waals surface area contributed by atoms with Crippen molar-refractivity contribution in [2.45, 2.75) is 52.4 Å². The lowest BCUT2D eigenvalue weighted by atomic mass is 10.0. The summed E-state index contributed by atoms with van der Waals surface area (Å²) < 4.78 is 48.8. The van der Waals surface area contributed by atoms with E-state index in [2.05, 4.69) is 15.0 Å². The maximum atomic E-state index is 13.9. The highest BCUT2D eigenvalue weighted by molar-refractivity contribution is 5.94. The van der Waals surface area contributed by atoms with Crippen LogP contribution in [0.3, 0.4) is 0 Å². The molecular formula is C25H36F3N3O4. The van der Waals surface area contributed by atoms with E-state index in [0.29, 0.717) is 18.7 Å². The number of likely N-dealkylation sites (N-methyl/N-ethyl adjacent to an activating group) is 1. The van der Waals surface area contributed by atoms with Gasteiger partial charge in [-0.2, -0.15) is 4.39 Å². The average Bonchev–Trinajstić information content (AvgIpc) is 3.16. The van der Waals surface area contributed by atoms with Crippen molar-refractivity contribution in [1.82, 2.24) is 9.88 Å². The van der Waals surface area contributed by atoms with Crippen molar-refractivity contribution in [3.8, 4) is 5.75 Å². The molecular weight excluding hydrogens is 463 g/mol. The van der Waals surface area contributed by atoms with Crippen molar-refractivity contribution in [2.75, 3.05) is 33.1 Å². The van der Waals surface area contributed by atoms with Gasteiger partial charge in [0.15, 0.2) is 17.4 Å². The van der Waals surface area contributed by atoms with E-state index in [9.17, 15) is 23.1 Å². The fourth-order valence-electron chi connectivity index (χ4n) is 3.17. The van der Waals surface area contributed by atoms with Crippen LogP contribution in [0.4, 0.5) is 18.9 Å². The van der Waals surface area contributed by atoms with E-state index < -0.39 is 29.7 Å². The molecule has 0 spiro atoms. The molecule has 1 amide bonds. The number of carbonyl (C=O) groups excluding carboxylic acids is 1. The van der Waals surface area contributed by atoms with Crippen molar-refractivity contribution in [3.63, 3.8) is 0 Å². The number of aliphatic hydroxyl groups is 1. The highest BCUT2D eigenvalue weighted by Crippen LogP contribution is 2.27. The van der Waals surface area contributed by atoms with E-state index in [1.807, 2.05) is 41.8 Å². The molecule has 1 saturated heterocycles. The average molecular weight is 500 g/mol. The van der Waals surface area contributed by atoms with Gasteiger partial charge in [0.25, 0.3) is 5.91 Å². The zero-order valence-corrected chi connectivity index (χ0v) is 21.3. The second kappa shape index (κ2) is 14.7. The van der Waals surface area contributed by atoms with Crippen LogP contribution in [0, 0.1) is 23.4 Å². The molecule has 0 aliphatic carbocycles. The summed E-state index contributed by atoms with van der Waals surface area (Å²) in [7, 11) is 4.92. The van der Waals surface area contributed by atoms with Gasteiger partial charge in [-0.25, -0.2) is 8.78 Å². The minimum absolute atomic E-state index is 0.00510. The zero-order chi connectivity index (χ0) is 26.7. The molecule has 2 heterocycles. The van der Waals surface area contributed by atoms with Gasteiger partial charge in [0.05, 0.1) is 30.8 Å². The Labute approximate surface area is 205 Å². The molecule has 0 radical (unpaired) electrons. The highest BCUT2D eigenvalue weighted by Gasteiger charge is 2.34. The third kappa shape index (κ3) is 9.12. The summed E-state index contributed by atoms with van der Waals surface area (Å²) >= 11 is 0. The number of nitrogens with zero attached hydrogens (tertiary/aromatic N) is 2. The van der Waals surface area contributed by atoms with Crippen LogP contribution in [0.5, 0.6) is 5.75 Å². The monoisotopic (exact) mass is 499 g/mol. The molecule has 7 nitrogen and oxygen atoms in total. The first kappa shape index (κ1) is 30.3. The molecule has 1 fully saturated rings. The van der Waals surface area contributed by atoms with Crippen LogP contribution in [-0.2, 0) is 9.53 Å². The van der Waals surface area contributed by atoms with Crippen molar-refractivity contribution >= 4 is 11.6 Å². The fourth-order valence-corrected chi connectivity index (χ4v) is 3.17. The van der Waals surface area contributed by atoms with E-state index >= 15 is 0 Å². The minimum atomic E-state index is -0.940. The van der Waals surface area contributed by atoms with E-state index in [0.717, 1.165) is 12.3 Å². The lowest BCUT2D eigenvalue weighted by Gasteiger charge is -2.17. The Bertz CT molecular complexity index is 936. The number of halogens is 3. The van der Waals surface area contributed by atoms with Crippen LogP contribution in [0.1, 0.15) is 45.9 Å². The van der Waals surface area contributed by atoms with Crippen LogP contribution < -0.4 is 10.1 Å². The standard InChI is InChI=1S/C16H24FN3O3.C7H6F2O.C2H6/c1-9-5-15(23-10(9)2)16(22)19-12-6-13(18-7-11(12)17)14(21)8-20(3)4;1-10-6-4-2-3-5(8)7(6)9;1-2/h6-7,9-10,14-15,21H,5,8H2,1-4H3,(H,18,19,22);2-4H,1H3;1-2H3. The van der Waals surface area contributed by atoms with Gasteiger partial charge in [-0.1, -0.05) is 26.8 Å². The van der Waals surface area contributed by atoms with Crippen molar-refractivity contribution in [2.24, 2.45) is 5.92 Å². The summed E-state index contributed by atoms with van der Waals surface area (Å²) in [6.45, 7) is 8.29. The van der Waals surface area contributed by atoms with E-state index in [1.165, 1.54) is 25.3 Å². The van der Waals surface area contributed by atoms with Gasteiger partial charge in [0, 0.05) is 6.54 Å². The van der Waals surface area contributed by atoms with Gasteiger partial charge < -0.3 is 24.8 Å². The van der Waals surface area contributed by atoms with E-state index in [4.69, 9.17) is 4.74 Å². The number of benzene rings is 1. The third-order valence-corrected chi connectivity index (χ3v) is 5.21. The Morgan fingerprint density at radius 3 is 2.43 bits per heavy atom. The number of pyridine rings is 1. The molecule has 4 atom stereocenters. The first-order valence-electron chi connectivity index (χ1n) is 11.5. The predicted octanol–water partition coefficient (Wildman–Crippen LogP) is 4.57. The van der Waals surface area contributed by atoms with Gasteiger partial charge in [-0.3, -0.25) is 9.78 Å². The number of hydrogen-bond acceptors (Lipinski definition) is 6. The van der Waals surface area contributed by atoms with Crippen LogP contribution >= 0.6 is 0 Å². The summed E-state index contributed by atoms with van der Waals surface area (Å²) in [5.41, 5.74) is 0.318. The first-order chi connectivity index (χ1) is 16.5. The van der Waals surface area contributed by atoms with E-state index in [-0.39, 0.29) is 29.4 Å². The van der Waals surface area contributed by atoms with Crippen LogP contribution in [0.25, 0.3) is 0 Å². The van der Waals surface area contributed by atoms with Gasteiger partial charge in [-0.15, -0.1) is 0 Å². The first-order valence-corrected chi connectivity index (χ1v) is 11.5. The number of methoxy groups -OCH3 is 1. The van der Waals surface area contributed by atoms with Gasteiger partial charge in [-0.05, 0) is 51.6 Å². The molecule has 1 aliphatic rings. The largest absolute Gasteiger partial charge is 0.494 e. The van der Waals surface area contributed by atoms with Crippen LogP contribution in [-0.4, -0.2) is 60.9 Å². The summed E-state index contributed by atoms with van der Waals surface area (Å²) in [6, 6.07) is 5.15. The third-order valence-electron chi connectivity index (χ3n) is 5.21. The number of anilines is 1. The molecule has 0 saturated carbocycles. The van der Waals surface area contributed by atoms with Crippen LogP contribution in [0.15, 0.2) is 30.5 Å². The van der Waals surface area contributed by atoms with Gasteiger partial charge in [0.1, 0.15) is 12.2 Å². The molecule has 10 heteroatoms. The Morgan fingerprint density at radius 1 is 1.26 bits per heavy atom. The summed E-state index contributed by atoms with van der Waals surface area (Å²) in [4.78, 5) is 17.9. The Hall–Kier alpha value is -2.69. The van der Waals surface area contributed by atoms with E-state index in [1.54, 1.807) is 4.90 Å². The molecule has 2 aromatic rings. The quantitative estimate of drug-likeness (QED) is 0.606. The zero-order valence-electron chi connectivity index (χ0n) is 21.3. The Balaban J connectivity index is 0.000000425. The molecule has 1 aliphatic heterocycles. The Morgan fingerprint density at radius 2 is 1.91 bits per heavy atom. The van der Waals surface area contributed by atoms with Crippen molar-refractivity contribution in [1.29, 1.82) is 0 Å². The summed E-state index contributed by atoms with van der Waals surface area (Å²) in [6.07, 6.45) is 0.178. The number of rotatable bonds is 6. The summed E-state index contributed by atoms with van der Waals surface area (Å²) in [5.74, 6) is -2.63. The number of carbonyl (C=O) groups is 1. The molecule has 196 valence electrons. The number of ether oxygens (including phenoxy) is 2. The molecule has 1 aromatic carbocycles. The maximum Gasteiger partial charge on any atom is 0.253 e. The lowest BCUT2D eigenvalue weighted by molar-refractivity contribution is -0.126. The molecule has 2 N–H and O–H groups in total. The number of amides is 1. The highest BCUT2D eigenvalue weighted by atomic mass is 19.2. The fraction of sp³-hybridized carbons (Fsp3) is 0.520. The number of aromatic nitrogens is 1. The topological polar surface area (TPSA) is 83.9 Å². The molecule has 3 rings (SSSR count). The second-order valence-corrected chi connectivity index (χ2v) is 8.16. The normalized spacial score (nSPS) is 19.7. The Kier molecular flexibility index (Phi) is 12.7. The van der Waals surface area contributed by atoms with Gasteiger partial charge in [0.2, 0.25) is 5.82 Å². The number of nitrogens with one attached hydrogen (secondary N) is 1. The van der Waals surface area contributed by atoms with Crippen molar-refractivity contribution in [3.05, 3.63) is 53.6 Å². The predicted molar refractivity (Wildman–Crippen MR) is 129 cm³/mol. The molecule has 4 unspecified atom stereocenters. The SMILES string of the molecule is CC.CC1CC(C(=O)Nc2cc(C(O)CN(C)C)ncc2F)OC1C.COc1cccc(F)c1F. The molecule has 0 bridgehead atoms. The van der Waals surface area contributed by atoms with Crippen LogP contribution in [0.2, 0.25) is 0 Å². The minimum Gasteiger partial charge on any atom is -0.494 e. The molecule has 35 heavy (non-hydrogen) atoms. The lowest BCUT2D eigenvalue weighted by Crippen LogP contribution is -2.28. The van der Waals surface area contributed by atoms with Gasteiger partial charge >= 0.3 is 0 Å². The second-order valence-electron chi connectivity index (χ2n) is 8.16.